The lowest BCUT2D eigenvalue weighted by atomic mass is 10.1. The number of hydrogen-bond donors (Lipinski definition) is 0. The predicted molar refractivity (Wildman–Crippen MR) is 73.5 cm³/mol. The van der Waals surface area contributed by atoms with E-state index in [1.807, 2.05) is 0 Å². The maximum absolute atomic E-state index is 12.3. The van der Waals surface area contributed by atoms with Gasteiger partial charge in [-0.2, -0.15) is 9.36 Å². The lowest BCUT2D eigenvalue weighted by Crippen LogP contribution is -2.23. The van der Waals surface area contributed by atoms with Gasteiger partial charge in [0.15, 0.2) is 0 Å². The first kappa shape index (κ1) is 14.4. The molecular weight excluding hydrogens is 256 g/mol. The molecule has 0 aliphatic carbocycles. The Morgan fingerprint density at radius 3 is 2.55 bits per heavy atom. The number of hydrogen-bond acceptors (Lipinski definition) is 5. The number of rotatable bonds is 6. The van der Waals surface area contributed by atoms with E-state index in [0.29, 0.717) is 0 Å². The third kappa shape index (κ3) is 3.09. The molecule has 0 fully saturated rings. The van der Waals surface area contributed by atoms with Gasteiger partial charge in [0.2, 0.25) is 0 Å². The zero-order valence-corrected chi connectivity index (χ0v) is 12.0. The first-order valence-corrected chi connectivity index (χ1v) is 7.12. The second kappa shape index (κ2) is 6.93. The van der Waals surface area contributed by atoms with Crippen LogP contribution in [0.4, 0.5) is 4.79 Å². The van der Waals surface area contributed by atoms with Crippen molar-refractivity contribution in [2.24, 2.45) is 0 Å². The molecule has 7 nitrogen and oxygen atoms in total. The summed E-state index contributed by atoms with van der Waals surface area (Å²) in [5, 5.41) is 15.5. The average Bonchev–Trinajstić information content (AvgIpc) is 3.11. The lowest BCUT2D eigenvalue weighted by Gasteiger charge is -2.05. The first-order chi connectivity index (χ1) is 9.77. The van der Waals surface area contributed by atoms with E-state index in [9.17, 15) is 4.79 Å². The van der Waals surface area contributed by atoms with Crippen molar-refractivity contribution in [1.82, 2.24) is 30.0 Å². The zero-order valence-electron chi connectivity index (χ0n) is 12.0. The highest BCUT2D eigenvalue weighted by Crippen LogP contribution is 2.13. The maximum atomic E-state index is 12.3. The summed E-state index contributed by atoms with van der Waals surface area (Å²) >= 11 is 0. The Labute approximate surface area is 118 Å². The van der Waals surface area contributed by atoms with Crippen LogP contribution in [0, 0.1) is 0 Å². The molecule has 0 saturated heterocycles. The summed E-state index contributed by atoms with van der Waals surface area (Å²) in [6.07, 6.45) is 8.88. The summed E-state index contributed by atoms with van der Waals surface area (Å²) in [5.74, 6) is 0. The molecule has 2 aromatic rings. The molecular formula is C13H20N6O. The Bertz CT molecular complexity index is 545. The van der Waals surface area contributed by atoms with E-state index in [4.69, 9.17) is 0 Å². The standard InChI is InChI=1S/C13H20N6O/c1-3-5-7-11-12(8-6-4-2)19(17-15-11)13(20)18-10-9-14-16-18/h9-10H,3-8H2,1-2H3. The van der Waals surface area contributed by atoms with Crippen molar-refractivity contribution in [3.8, 4) is 0 Å². The fraction of sp³-hybridized carbons (Fsp3) is 0.615. The van der Waals surface area contributed by atoms with Gasteiger partial charge in [-0.3, -0.25) is 0 Å². The van der Waals surface area contributed by atoms with E-state index < -0.39 is 0 Å². The molecule has 20 heavy (non-hydrogen) atoms. The highest BCUT2D eigenvalue weighted by molar-refractivity contribution is 5.77. The molecule has 0 N–H and O–H groups in total. The van der Waals surface area contributed by atoms with Crippen LogP contribution < -0.4 is 0 Å². The van der Waals surface area contributed by atoms with Gasteiger partial charge in [-0.1, -0.05) is 37.1 Å². The van der Waals surface area contributed by atoms with Gasteiger partial charge in [-0.15, -0.1) is 10.2 Å². The molecule has 7 heteroatoms. The number of unbranched alkanes of at least 4 members (excludes halogenated alkanes) is 2. The molecule has 0 aliphatic heterocycles. The molecule has 0 aromatic carbocycles. The molecule has 0 saturated carbocycles. The molecule has 0 spiro atoms. The first-order valence-electron chi connectivity index (χ1n) is 7.12. The molecule has 2 heterocycles. The summed E-state index contributed by atoms with van der Waals surface area (Å²) in [4.78, 5) is 12.3. The van der Waals surface area contributed by atoms with Crippen molar-refractivity contribution in [1.29, 1.82) is 0 Å². The van der Waals surface area contributed by atoms with E-state index in [0.717, 1.165) is 49.9 Å². The van der Waals surface area contributed by atoms with Crippen molar-refractivity contribution in [3.63, 3.8) is 0 Å². The van der Waals surface area contributed by atoms with Gasteiger partial charge in [0, 0.05) is 0 Å². The molecule has 108 valence electrons. The van der Waals surface area contributed by atoms with Gasteiger partial charge >= 0.3 is 6.03 Å². The summed E-state index contributed by atoms with van der Waals surface area (Å²) in [5.41, 5.74) is 1.83. The Kier molecular flexibility index (Phi) is 4.97. The minimum absolute atomic E-state index is 0.330. The fourth-order valence-electron chi connectivity index (χ4n) is 2.03. The van der Waals surface area contributed by atoms with E-state index >= 15 is 0 Å². The van der Waals surface area contributed by atoms with Crippen molar-refractivity contribution in [3.05, 3.63) is 23.8 Å². The predicted octanol–water partition coefficient (Wildman–Crippen LogP) is 2.07. The van der Waals surface area contributed by atoms with E-state index in [-0.39, 0.29) is 6.03 Å². The molecule has 0 amide bonds. The summed E-state index contributed by atoms with van der Waals surface area (Å²) < 4.78 is 2.53. The largest absolute Gasteiger partial charge is 0.372 e. The van der Waals surface area contributed by atoms with E-state index in [1.54, 1.807) is 0 Å². The monoisotopic (exact) mass is 276 g/mol. The number of carbonyl (C=O) groups excluding carboxylic acids is 1. The molecule has 0 radical (unpaired) electrons. The fourth-order valence-corrected chi connectivity index (χ4v) is 2.03. The van der Waals surface area contributed by atoms with Crippen LogP contribution in [0.15, 0.2) is 12.4 Å². The molecule has 0 aliphatic rings. The molecule has 0 unspecified atom stereocenters. The minimum atomic E-state index is -0.330. The molecule has 0 bridgehead atoms. The quantitative estimate of drug-likeness (QED) is 0.807. The Hall–Kier alpha value is -2.05. The third-order valence-corrected chi connectivity index (χ3v) is 3.18. The van der Waals surface area contributed by atoms with Crippen LogP contribution >= 0.6 is 0 Å². The Balaban J connectivity index is 2.27. The number of nitrogens with zero attached hydrogens (tertiary/aromatic N) is 6. The molecule has 0 atom stereocenters. The molecule has 2 rings (SSSR count). The van der Waals surface area contributed by atoms with Gasteiger partial charge < -0.3 is 0 Å². The summed E-state index contributed by atoms with van der Waals surface area (Å²) in [6, 6.07) is -0.330. The van der Waals surface area contributed by atoms with Crippen molar-refractivity contribution in [2.75, 3.05) is 0 Å². The summed E-state index contributed by atoms with van der Waals surface area (Å²) in [7, 11) is 0. The van der Waals surface area contributed by atoms with Crippen molar-refractivity contribution >= 4 is 6.03 Å². The van der Waals surface area contributed by atoms with Crippen LogP contribution in [-0.2, 0) is 12.8 Å². The van der Waals surface area contributed by atoms with Crippen LogP contribution in [0.25, 0.3) is 0 Å². The van der Waals surface area contributed by atoms with Gasteiger partial charge in [0.25, 0.3) is 0 Å². The smallest absolute Gasteiger partial charge is 0.243 e. The number of aromatic nitrogens is 6. The van der Waals surface area contributed by atoms with Crippen molar-refractivity contribution < 1.29 is 4.79 Å². The van der Waals surface area contributed by atoms with Crippen LogP contribution in [0.2, 0.25) is 0 Å². The SMILES string of the molecule is CCCCc1nnn(C(=O)n2ccnn2)c1CCCC. The maximum Gasteiger partial charge on any atom is 0.372 e. The van der Waals surface area contributed by atoms with Gasteiger partial charge in [0.05, 0.1) is 23.8 Å². The Morgan fingerprint density at radius 2 is 1.90 bits per heavy atom. The lowest BCUT2D eigenvalue weighted by molar-refractivity contribution is 0.236. The van der Waals surface area contributed by atoms with Gasteiger partial charge in [-0.05, 0) is 25.7 Å². The number of aryl methyl sites for hydroxylation is 1. The Morgan fingerprint density at radius 1 is 1.15 bits per heavy atom. The topological polar surface area (TPSA) is 78.5 Å². The average molecular weight is 276 g/mol. The highest BCUT2D eigenvalue weighted by Gasteiger charge is 2.19. The highest BCUT2D eigenvalue weighted by atomic mass is 16.2. The van der Waals surface area contributed by atoms with E-state index in [1.165, 1.54) is 21.8 Å². The van der Waals surface area contributed by atoms with Crippen molar-refractivity contribution in [2.45, 2.75) is 52.4 Å². The van der Waals surface area contributed by atoms with Crippen LogP contribution in [-0.4, -0.2) is 36.0 Å². The normalized spacial score (nSPS) is 10.9. The van der Waals surface area contributed by atoms with Crippen LogP contribution in [0.1, 0.15) is 50.9 Å². The zero-order chi connectivity index (χ0) is 14.4. The third-order valence-electron chi connectivity index (χ3n) is 3.18. The summed E-state index contributed by atoms with van der Waals surface area (Å²) in [6.45, 7) is 4.26. The second-order valence-electron chi connectivity index (χ2n) is 4.73. The van der Waals surface area contributed by atoms with Crippen LogP contribution in [0.3, 0.4) is 0 Å². The molecule has 2 aromatic heterocycles. The van der Waals surface area contributed by atoms with Gasteiger partial charge in [0.1, 0.15) is 0 Å². The van der Waals surface area contributed by atoms with Crippen LogP contribution in [0.5, 0.6) is 0 Å². The van der Waals surface area contributed by atoms with E-state index in [2.05, 4.69) is 34.5 Å². The second-order valence-corrected chi connectivity index (χ2v) is 4.73. The minimum Gasteiger partial charge on any atom is -0.243 e. The van der Waals surface area contributed by atoms with Gasteiger partial charge in [-0.25, -0.2) is 4.79 Å². The number of carbonyl (C=O) groups is 1.